The predicted molar refractivity (Wildman–Crippen MR) is 108 cm³/mol. The van der Waals surface area contributed by atoms with E-state index in [0.717, 1.165) is 5.75 Å². The fourth-order valence-electron chi connectivity index (χ4n) is 2.71. The van der Waals surface area contributed by atoms with Gasteiger partial charge in [0.05, 0.1) is 31.5 Å². The van der Waals surface area contributed by atoms with Crippen molar-refractivity contribution in [3.8, 4) is 11.5 Å². The maximum absolute atomic E-state index is 12.8. The summed E-state index contributed by atoms with van der Waals surface area (Å²) in [6, 6.07) is 7.22. The van der Waals surface area contributed by atoms with Gasteiger partial charge in [0.1, 0.15) is 27.8 Å². The van der Waals surface area contributed by atoms with Crippen molar-refractivity contribution >= 4 is 27.5 Å². The number of aryl methyl sites for hydroxylation is 1. The van der Waals surface area contributed by atoms with Crippen LogP contribution in [0.15, 0.2) is 35.4 Å². The standard InChI is InChI=1S/C20H22N2O5S/c1-12(2)27-20(24)17-13(3)16-18(28-17)21-11-22(19(16)23)9-10-26-15-7-5-14(25-4)6-8-15/h5-8,11-12H,9-10H2,1-4H3. The molecule has 8 heteroatoms. The molecule has 0 amide bonds. The number of nitrogens with zero attached hydrogens (tertiary/aromatic N) is 2. The molecule has 0 saturated carbocycles. The molecule has 0 aliphatic rings. The summed E-state index contributed by atoms with van der Waals surface area (Å²) in [7, 11) is 1.60. The highest BCUT2D eigenvalue weighted by atomic mass is 32.1. The van der Waals surface area contributed by atoms with E-state index in [1.165, 1.54) is 22.2 Å². The zero-order valence-corrected chi connectivity index (χ0v) is 17.0. The Kier molecular flexibility index (Phi) is 5.99. The van der Waals surface area contributed by atoms with Crippen LogP contribution >= 0.6 is 11.3 Å². The van der Waals surface area contributed by atoms with Crippen LogP contribution < -0.4 is 15.0 Å². The number of carbonyl (C=O) groups is 1. The molecule has 0 atom stereocenters. The lowest BCUT2D eigenvalue weighted by molar-refractivity contribution is 0.0383. The first kappa shape index (κ1) is 19.9. The molecule has 2 aromatic heterocycles. The monoisotopic (exact) mass is 402 g/mol. The number of aromatic nitrogens is 2. The number of hydrogen-bond donors (Lipinski definition) is 0. The van der Waals surface area contributed by atoms with Crippen LogP contribution in [0.1, 0.15) is 29.1 Å². The molecular formula is C20H22N2O5S. The van der Waals surface area contributed by atoms with Crippen LogP contribution in [0.25, 0.3) is 10.2 Å². The predicted octanol–water partition coefficient (Wildman–Crippen LogP) is 3.42. The average Bonchev–Trinajstić information content (AvgIpc) is 3.01. The Hall–Kier alpha value is -2.87. The van der Waals surface area contributed by atoms with Gasteiger partial charge in [-0.05, 0) is 50.6 Å². The van der Waals surface area contributed by atoms with Crippen LogP contribution in [-0.4, -0.2) is 35.3 Å². The first-order chi connectivity index (χ1) is 13.4. The Bertz CT molecular complexity index is 1040. The Balaban J connectivity index is 1.77. The molecule has 0 saturated heterocycles. The minimum atomic E-state index is -0.427. The Labute approximate surface area is 166 Å². The third-order valence-electron chi connectivity index (χ3n) is 4.11. The fourth-order valence-corrected chi connectivity index (χ4v) is 3.74. The summed E-state index contributed by atoms with van der Waals surface area (Å²) in [6.07, 6.45) is 1.26. The number of carbonyl (C=O) groups excluding carboxylic acids is 1. The van der Waals surface area contributed by atoms with E-state index in [2.05, 4.69) is 4.98 Å². The van der Waals surface area contributed by atoms with Crippen molar-refractivity contribution in [3.05, 3.63) is 51.4 Å². The molecule has 0 N–H and O–H groups in total. The van der Waals surface area contributed by atoms with Gasteiger partial charge in [-0.1, -0.05) is 0 Å². The van der Waals surface area contributed by atoms with Gasteiger partial charge in [-0.3, -0.25) is 9.36 Å². The largest absolute Gasteiger partial charge is 0.497 e. The summed E-state index contributed by atoms with van der Waals surface area (Å²) in [5.74, 6) is 1.01. The number of hydrogen-bond acceptors (Lipinski definition) is 7. The maximum atomic E-state index is 12.8. The highest BCUT2D eigenvalue weighted by molar-refractivity contribution is 7.20. The summed E-state index contributed by atoms with van der Waals surface area (Å²) >= 11 is 1.18. The lowest BCUT2D eigenvalue weighted by atomic mass is 10.2. The maximum Gasteiger partial charge on any atom is 0.348 e. The van der Waals surface area contributed by atoms with Crippen LogP contribution in [0.5, 0.6) is 11.5 Å². The second-order valence-electron chi connectivity index (χ2n) is 6.46. The van der Waals surface area contributed by atoms with Crippen molar-refractivity contribution in [2.24, 2.45) is 0 Å². The van der Waals surface area contributed by atoms with Crippen molar-refractivity contribution in [1.82, 2.24) is 9.55 Å². The van der Waals surface area contributed by atoms with Crippen molar-refractivity contribution < 1.29 is 19.0 Å². The van der Waals surface area contributed by atoms with E-state index in [4.69, 9.17) is 14.2 Å². The molecule has 3 rings (SSSR count). The first-order valence-electron chi connectivity index (χ1n) is 8.87. The number of esters is 1. The van der Waals surface area contributed by atoms with Gasteiger partial charge < -0.3 is 14.2 Å². The third kappa shape index (κ3) is 4.17. The Morgan fingerprint density at radius 3 is 2.54 bits per heavy atom. The van der Waals surface area contributed by atoms with E-state index in [1.54, 1.807) is 40.0 Å². The van der Waals surface area contributed by atoms with Crippen LogP contribution in [0.3, 0.4) is 0 Å². The molecule has 1 aromatic carbocycles. The number of methoxy groups -OCH3 is 1. The van der Waals surface area contributed by atoms with E-state index >= 15 is 0 Å². The molecule has 0 bridgehead atoms. The number of benzene rings is 1. The Morgan fingerprint density at radius 1 is 1.21 bits per heavy atom. The summed E-state index contributed by atoms with van der Waals surface area (Å²) in [6.45, 7) is 5.97. The smallest absolute Gasteiger partial charge is 0.348 e. The van der Waals surface area contributed by atoms with Gasteiger partial charge in [0.2, 0.25) is 0 Å². The molecule has 0 unspecified atom stereocenters. The molecule has 2 heterocycles. The van der Waals surface area contributed by atoms with Gasteiger partial charge in [0, 0.05) is 0 Å². The average molecular weight is 402 g/mol. The lowest BCUT2D eigenvalue weighted by Gasteiger charge is -2.09. The number of ether oxygens (including phenoxy) is 3. The van der Waals surface area contributed by atoms with E-state index in [-0.39, 0.29) is 11.7 Å². The molecule has 148 valence electrons. The topological polar surface area (TPSA) is 79.7 Å². The summed E-state index contributed by atoms with van der Waals surface area (Å²) in [5.41, 5.74) is 0.411. The number of rotatable bonds is 7. The van der Waals surface area contributed by atoms with E-state index in [1.807, 2.05) is 12.1 Å². The quantitative estimate of drug-likeness (QED) is 0.564. The van der Waals surface area contributed by atoms with Crippen molar-refractivity contribution in [2.75, 3.05) is 13.7 Å². The lowest BCUT2D eigenvalue weighted by Crippen LogP contribution is -2.23. The molecule has 0 aliphatic carbocycles. The van der Waals surface area contributed by atoms with Gasteiger partial charge in [0.15, 0.2) is 0 Å². The highest BCUT2D eigenvalue weighted by Gasteiger charge is 2.21. The molecule has 0 spiro atoms. The van der Waals surface area contributed by atoms with Crippen LogP contribution in [0.2, 0.25) is 0 Å². The van der Waals surface area contributed by atoms with Crippen molar-refractivity contribution in [1.29, 1.82) is 0 Å². The normalized spacial score (nSPS) is 11.0. The minimum absolute atomic E-state index is 0.194. The Morgan fingerprint density at radius 2 is 1.89 bits per heavy atom. The zero-order chi connectivity index (χ0) is 20.3. The fraction of sp³-hybridized carbons (Fsp3) is 0.350. The SMILES string of the molecule is COc1ccc(OCCn2cnc3sc(C(=O)OC(C)C)c(C)c3c2=O)cc1. The number of thiophene rings is 1. The minimum Gasteiger partial charge on any atom is -0.497 e. The zero-order valence-electron chi connectivity index (χ0n) is 16.2. The molecule has 28 heavy (non-hydrogen) atoms. The van der Waals surface area contributed by atoms with Crippen LogP contribution in [-0.2, 0) is 11.3 Å². The second kappa shape index (κ2) is 8.43. The van der Waals surface area contributed by atoms with Gasteiger partial charge in [-0.25, -0.2) is 9.78 Å². The molecule has 7 nitrogen and oxygen atoms in total. The third-order valence-corrected chi connectivity index (χ3v) is 5.29. The van der Waals surface area contributed by atoms with Gasteiger partial charge in [0.25, 0.3) is 5.56 Å². The van der Waals surface area contributed by atoms with Crippen molar-refractivity contribution in [2.45, 2.75) is 33.4 Å². The first-order valence-corrected chi connectivity index (χ1v) is 9.68. The summed E-state index contributed by atoms with van der Waals surface area (Å²) < 4.78 is 17.5. The molecule has 0 radical (unpaired) electrons. The van der Waals surface area contributed by atoms with Gasteiger partial charge >= 0.3 is 5.97 Å². The van der Waals surface area contributed by atoms with Crippen molar-refractivity contribution in [3.63, 3.8) is 0 Å². The summed E-state index contributed by atoms with van der Waals surface area (Å²) in [4.78, 5) is 30.4. The second-order valence-corrected chi connectivity index (χ2v) is 7.46. The van der Waals surface area contributed by atoms with Gasteiger partial charge in [-0.2, -0.15) is 0 Å². The molecule has 0 fully saturated rings. The molecular weight excluding hydrogens is 380 g/mol. The van der Waals surface area contributed by atoms with Crippen LogP contribution in [0.4, 0.5) is 0 Å². The van der Waals surface area contributed by atoms with E-state index in [9.17, 15) is 9.59 Å². The number of fused-ring (bicyclic) bond motifs is 1. The summed E-state index contributed by atoms with van der Waals surface area (Å²) in [5, 5.41) is 0.452. The molecule has 0 aliphatic heterocycles. The van der Waals surface area contributed by atoms with Gasteiger partial charge in [-0.15, -0.1) is 11.3 Å². The van der Waals surface area contributed by atoms with Crippen LogP contribution in [0, 0.1) is 6.92 Å². The van der Waals surface area contributed by atoms with E-state index in [0.29, 0.717) is 39.6 Å². The highest BCUT2D eigenvalue weighted by Crippen LogP contribution is 2.27. The molecule has 3 aromatic rings. The van der Waals surface area contributed by atoms with E-state index < -0.39 is 5.97 Å².